The Morgan fingerprint density at radius 2 is 1.83 bits per heavy atom. The number of ether oxygens (including phenoxy) is 1. The highest BCUT2D eigenvalue weighted by Crippen LogP contribution is 2.33. The first-order valence-corrected chi connectivity index (χ1v) is 7.04. The van der Waals surface area contributed by atoms with Crippen molar-refractivity contribution in [3.05, 3.63) is 35.4 Å². The second-order valence-corrected chi connectivity index (χ2v) is 5.34. The summed E-state index contributed by atoms with van der Waals surface area (Å²) in [6.45, 7) is 0.732. The maximum absolute atomic E-state index is 9.35. The molecule has 0 amide bonds. The average molecular weight is 248 g/mol. The van der Waals surface area contributed by atoms with Crippen molar-refractivity contribution < 1.29 is 9.84 Å². The second-order valence-electron chi connectivity index (χ2n) is 5.34. The predicted octanol–water partition coefficient (Wildman–Crippen LogP) is 3.46. The van der Waals surface area contributed by atoms with Gasteiger partial charge in [-0.25, -0.2) is 0 Å². The van der Waals surface area contributed by atoms with Crippen LogP contribution in [0.4, 0.5) is 0 Å². The van der Waals surface area contributed by atoms with Gasteiger partial charge in [0.05, 0.1) is 13.2 Å². The lowest BCUT2D eigenvalue weighted by molar-refractivity contribution is 0.144. The van der Waals surface area contributed by atoms with Gasteiger partial charge >= 0.3 is 0 Å². The molecular weight excluding hydrogens is 224 g/mol. The summed E-state index contributed by atoms with van der Waals surface area (Å²) in [4.78, 5) is 0. The molecular formula is C16H24O2. The monoisotopic (exact) mass is 248 g/mol. The molecule has 0 radical (unpaired) electrons. The molecule has 1 N–H and O–H groups in total. The highest BCUT2D eigenvalue weighted by atomic mass is 16.5. The quantitative estimate of drug-likeness (QED) is 0.864. The maximum Gasteiger partial charge on any atom is 0.0553 e. The lowest BCUT2D eigenvalue weighted by Gasteiger charge is -2.22. The molecule has 2 rings (SSSR count). The SMILES string of the molecule is COCC(CO)c1ccc(C2CCCCC2)cc1. The fraction of sp³-hybridized carbons (Fsp3) is 0.625. The van der Waals surface area contributed by atoms with E-state index in [4.69, 9.17) is 4.74 Å². The molecule has 1 fully saturated rings. The van der Waals surface area contributed by atoms with E-state index in [0.29, 0.717) is 6.61 Å². The Labute approximate surface area is 110 Å². The smallest absolute Gasteiger partial charge is 0.0553 e. The summed E-state index contributed by atoms with van der Waals surface area (Å²) in [7, 11) is 1.68. The number of aliphatic hydroxyl groups is 1. The van der Waals surface area contributed by atoms with Crippen LogP contribution in [0.5, 0.6) is 0 Å². The molecule has 0 bridgehead atoms. The molecule has 0 aromatic heterocycles. The van der Waals surface area contributed by atoms with E-state index in [1.165, 1.54) is 43.2 Å². The fourth-order valence-corrected chi connectivity index (χ4v) is 2.93. The fourth-order valence-electron chi connectivity index (χ4n) is 2.93. The summed E-state index contributed by atoms with van der Waals surface area (Å²) in [5, 5.41) is 9.35. The van der Waals surface area contributed by atoms with Crippen molar-refractivity contribution in [1.82, 2.24) is 0 Å². The molecule has 0 heterocycles. The van der Waals surface area contributed by atoms with E-state index in [-0.39, 0.29) is 12.5 Å². The van der Waals surface area contributed by atoms with Crippen LogP contribution in [0.25, 0.3) is 0 Å². The van der Waals surface area contributed by atoms with E-state index < -0.39 is 0 Å². The molecule has 2 heteroatoms. The first kappa shape index (κ1) is 13.6. The normalized spacial score (nSPS) is 18.8. The van der Waals surface area contributed by atoms with Gasteiger partial charge < -0.3 is 9.84 Å². The predicted molar refractivity (Wildman–Crippen MR) is 74.0 cm³/mol. The molecule has 18 heavy (non-hydrogen) atoms. The molecule has 1 unspecified atom stereocenters. The molecule has 1 aliphatic carbocycles. The number of aliphatic hydroxyl groups excluding tert-OH is 1. The Kier molecular flexibility index (Phi) is 5.21. The molecule has 2 nitrogen and oxygen atoms in total. The number of rotatable bonds is 5. The number of methoxy groups -OCH3 is 1. The van der Waals surface area contributed by atoms with Crippen LogP contribution in [-0.2, 0) is 4.74 Å². The largest absolute Gasteiger partial charge is 0.396 e. The van der Waals surface area contributed by atoms with Crippen molar-refractivity contribution in [3.8, 4) is 0 Å². The second kappa shape index (κ2) is 6.91. The summed E-state index contributed by atoms with van der Waals surface area (Å²) in [5.74, 6) is 0.859. The molecule has 0 spiro atoms. The van der Waals surface area contributed by atoms with Gasteiger partial charge in [-0.15, -0.1) is 0 Å². The van der Waals surface area contributed by atoms with Gasteiger partial charge in [-0.2, -0.15) is 0 Å². The van der Waals surface area contributed by atoms with Gasteiger partial charge in [0.15, 0.2) is 0 Å². The highest BCUT2D eigenvalue weighted by molar-refractivity contribution is 5.28. The van der Waals surface area contributed by atoms with Gasteiger partial charge in [-0.3, -0.25) is 0 Å². The zero-order valence-corrected chi connectivity index (χ0v) is 11.3. The standard InChI is InChI=1S/C16H24O2/c1-18-12-16(11-17)15-9-7-14(8-10-15)13-5-3-2-4-6-13/h7-10,13,16-17H,2-6,11-12H2,1H3. The molecule has 1 atom stereocenters. The van der Waals surface area contributed by atoms with Crippen LogP contribution in [0, 0.1) is 0 Å². The first-order chi connectivity index (χ1) is 8.85. The van der Waals surface area contributed by atoms with Crippen LogP contribution in [0.15, 0.2) is 24.3 Å². The highest BCUT2D eigenvalue weighted by Gasteiger charge is 2.16. The zero-order chi connectivity index (χ0) is 12.8. The van der Waals surface area contributed by atoms with Crippen molar-refractivity contribution in [3.63, 3.8) is 0 Å². The lowest BCUT2D eigenvalue weighted by Crippen LogP contribution is -2.11. The molecule has 1 aliphatic rings. The van der Waals surface area contributed by atoms with E-state index in [1.807, 2.05) is 0 Å². The Hall–Kier alpha value is -0.860. The van der Waals surface area contributed by atoms with Crippen molar-refractivity contribution in [1.29, 1.82) is 0 Å². The van der Waals surface area contributed by atoms with Crippen molar-refractivity contribution in [2.24, 2.45) is 0 Å². The van der Waals surface area contributed by atoms with Crippen LogP contribution < -0.4 is 0 Å². The minimum absolute atomic E-state index is 0.107. The lowest BCUT2D eigenvalue weighted by atomic mass is 9.83. The minimum atomic E-state index is 0.107. The van der Waals surface area contributed by atoms with Crippen molar-refractivity contribution in [2.45, 2.75) is 43.9 Å². The van der Waals surface area contributed by atoms with E-state index >= 15 is 0 Å². The molecule has 1 aromatic rings. The molecule has 0 aliphatic heterocycles. The summed E-state index contributed by atoms with van der Waals surface area (Å²) in [5.41, 5.74) is 2.64. The van der Waals surface area contributed by atoms with Crippen LogP contribution in [0.3, 0.4) is 0 Å². The van der Waals surface area contributed by atoms with Crippen LogP contribution >= 0.6 is 0 Å². The van der Waals surface area contributed by atoms with E-state index in [9.17, 15) is 5.11 Å². The van der Waals surface area contributed by atoms with Crippen LogP contribution in [-0.4, -0.2) is 25.4 Å². The third kappa shape index (κ3) is 3.33. The number of hydrogen-bond donors (Lipinski definition) is 1. The van der Waals surface area contributed by atoms with Crippen molar-refractivity contribution in [2.75, 3.05) is 20.3 Å². The summed E-state index contributed by atoms with van der Waals surface area (Å²) < 4.78 is 5.14. The van der Waals surface area contributed by atoms with Gasteiger partial charge in [-0.1, -0.05) is 43.5 Å². The van der Waals surface area contributed by atoms with E-state index in [1.54, 1.807) is 7.11 Å². The molecule has 1 aromatic carbocycles. The maximum atomic E-state index is 9.35. The summed E-state index contributed by atoms with van der Waals surface area (Å²) in [6.07, 6.45) is 6.81. The van der Waals surface area contributed by atoms with Crippen molar-refractivity contribution >= 4 is 0 Å². The Morgan fingerprint density at radius 3 is 2.39 bits per heavy atom. The van der Waals surface area contributed by atoms with Crippen LogP contribution in [0.2, 0.25) is 0 Å². The molecule has 100 valence electrons. The first-order valence-electron chi connectivity index (χ1n) is 7.04. The third-order valence-electron chi connectivity index (χ3n) is 4.07. The Bertz CT molecular complexity index is 315. The van der Waals surface area contributed by atoms with Gasteiger partial charge in [0.1, 0.15) is 0 Å². The summed E-state index contributed by atoms with van der Waals surface area (Å²) >= 11 is 0. The minimum Gasteiger partial charge on any atom is -0.396 e. The Morgan fingerprint density at radius 1 is 1.17 bits per heavy atom. The average Bonchev–Trinajstić information content (AvgIpc) is 2.46. The van der Waals surface area contributed by atoms with Gasteiger partial charge in [0.25, 0.3) is 0 Å². The van der Waals surface area contributed by atoms with Gasteiger partial charge in [0.2, 0.25) is 0 Å². The Balaban J connectivity index is 2.03. The number of hydrogen-bond acceptors (Lipinski definition) is 2. The third-order valence-corrected chi connectivity index (χ3v) is 4.07. The van der Waals surface area contributed by atoms with E-state index in [0.717, 1.165) is 5.92 Å². The van der Waals surface area contributed by atoms with E-state index in [2.05, 4.69) is 24.3 Å². The molecule has 0 saturated heterocycles. The van der Waals surface area contributed by atoms with Crippen LogP contribution in [0.1, 0.15) is 55.1 Å². The zero-order valence-electron chi connectivity index (χ0n) is 11.3. The number of benzene rings is 1. The topological polar surface area (TPSA) is 29.5 Å². The van der Waals surface area contributed by atoms with Gasteiger partial charge in [-0.05, 0) is 29.9 Å². The van der Waals surface area contributed by atoms with Gasteiger partial charge in [0, 0.05) is 13.0 Å². The summed E-state index contributed by atoms with van der Waals surface area (Å²) in [6, 6.07) is 8.79. The molecule has 1 saturated carbocycles.